The highest BCUT2D eigenvalue weighted by molar-refractivity contribution is 7.99. The lowest BCUT2D eigenvalue weighted by Crippen LogP contribution is -2.19. The van der Waals surface area contributed by atoms with Crippen LogP contribution < -0.4 is 10.1 Å². The number of anilines is 1. The largest absolute Gasteiger partial charge is 0.496 e. The van der Waals surface area contributed by atoms with Crippen molar-refractivity contribution in [1.82, 2.24) is 14.8 Å². The predicted octanol–water partition coefficient (Wildman–Crippen LogP) is 5.11. The van der Waals surface area contributed by atoms with Crippen LogP contribution in [0.5, 0.6) is 5.75 Å². The number of carbonyl (C=O) groups excluding carboxylic acids is 2. The molecule has 0 unspecified atom stereocenters. The van der Waals surface area contributed by atoms with Gasteiger partial charge in [0, 0.05) is 23.4 Å². The quantitative estimate of drug-likeness (QED) is 0.290. The summed E-state index contributed by atoms with van der Waals surface area (Å²) in [5.41, 5.74) is 5.26. The first-order valence-corrected chi connectivity index (χ1v) is 12.3. The van der Waals surface area contributed by atoms with Gasteiger partial charge in [0.2, 0.25) is 5.91 Å². The molecular weight excluding hydrogens is 460 g/mol. The monoisotopic (exact) mass is 484 g/mol. The summed E-state index contributed by atoms with van der Waals surface area (Å²) >= 11 is 1.35. The number of carbonyl (C=O) groups is 2. The van der Waals surface area contributed by atoms with Gasteiger partial charge in [0.25, 0.3) is 0 Å². The third kappa shape index (κ3) is 4.70. The summed E-state index contributed by atoms with van der Waals surface area (Å²) in [6.45, 7) is 2.04. The van der Waals surface area contributed by atoms with Crippen molar-refractivity contribution in [3.8, 4) is 22.8 Å². The standard InChI is InChI=1S/C27H24N4O3S/c1-17-7-11-20(12-8-17)31-26(21-5-3-4-6-24(21)34-2)29-30-27(31)35-16-23(32)19-9-13-22-18(15-19)10-14-25(33)28-22/h3-9,11-13,15H,10,14,16H2,1-2H3,(H,28,33). The molecule has 5 rings (SSSR count). The zero-order valence-corrected chi connectivity index (χ0v) is 20.3. The van der Waals surface area contributed by atoms with Crippen LogP contribution in [0.15, 0.2) is 71.9 Å². The van der Waals surface area contributed by atoms with E-state index in [0.29, 0.717) is 35.1 Å². The van der Waals surface area contributed by atoms with E-state index in [9.17, 15) is 9.59 Å². The van der Waals surface area contributed by atoms with Crippen molar-refractivity contribution >= 4 is 29.1 Å². The Morgan fingerprint density at radius 3 is 2.66 bits per heavy atom. The van der Waals surface area contributed by atoms with Crippen molar-refractivity contribution in [2.75, 3.05) is 18.2 Å². The maximum atomic E-state index is 13.1. The smallest absolute Gasteiger partial charge is 0.224 e. The number of ketones is 1. The molecule has 0 spiro atoms. The van der Waals surface area contributed by atoms with Crippen molar-refractivity contribution in [1.29, 1.82) is 0 Å². The second-order valence-corrected chi connectivity index (χ2v) is 9.25. The van der Waals surface area contributed by atoms with E-state index in [-0.39, 0.29) is 17.4 Å². The number of hydrogen-bond acceptors (Lipinski definition) is 6. The number of ether oxygens (including phenoxy) is 1. The topological polar surface area (TPSA) is 86.1 Å². The lowest BCUT2D eigenvalue weighted by Gasteiger charge is -2.17. The van der Waals surface area contributed by atoms with Gasteiger partial charge in [-0.15, -0.1) is 10.2 Å². The minimum atomic E-state index is -0.00741. The highest BCUT2D eigenvalue weighted by atomic mass is 32.2. The Morgan fingerprint density at radius 1 is 1.06 bits per heavy atom. The minimum absolute atomic E-state index is 0.00741. The number of para-hydroxylation sites is 1. The summed E-state index contributed by atoms with van der Waals surface area (Å²) < 4.78 is 7.51. The fourth-order valence-corrected chi connectivity index (χ4v) is 4.91. The predicted molar refractivity (Wildman–Crippen MR) is 137 cm³/mol. The maximum Gasteiger partial charge on any atom is 0.224 e. The lowest BCUT2D eigenvalue weighted by molar-refractivity contribution is -0.116. The van der Waals surface area contributed by atoms with Gasteiger partial charge in [-0.05, 0) is 61.4 Å². The number of fused-ring (bicyclic) bond motifs is 1. The number of aromatic nitrogens is 3. The van der Waals surface area contributed by atoms with E-state index in [1.165, 1.54) is 11.8 Å². The van der Waals surface area contributed by atoms with Crippen molar-refractivity contribution in [2.24, 2.45) is 0 Å². The minimum Gasteiger partial charge on any atom is -0.496 e. The molecule has 7 nitrogen and oxygen atoms in total. The number of nitrogens with zero attached hydrogens (tertiary/aromatic N) is 3. The molecule has 0 radical (unpaired) electrons. The molecule has 0 saturated carbocycles. The number of methoxy groups -OCH3 is 1. The molecule has 3 aromatic carbocycles. The summed E-state index contributed by atoms with van der Waals surface area (Å²) in [6, 6.07) is 21.2. The second-order valence-electron chi connectivity index (χ2n) is 8.31. The van der Waals surface area contributed by atoms with E-state index in [1.54, 1.807) is 19.2 Å². The molecule has 8 heteroatoms. The third-order valence-corrected chi connectivity index (χ3v) is 6.86. The van der Waals surface area contributed by atoms with Gasteiger partial charge in [0.05, 0.1) is 18.4 Å². The molecule has 2 heterocycles. The van der Waals surface area contributed by atoms with E-state index in [4.69, 9.17) is 4.74 Å². The number of rotatable bonds is 7. The molecule has 35 heavy (non-hydrogen) atoms. The summed E-state index contributed by atoms with van der Waals surface area (Å²) in [5, 5.41) is 12.4. The average molecular weight is 485 g/mol. The molecule has 0 atom stereocenters. The van der Waals surface area contributed by atoms with Gasteiger partial charge in [-0.25, -0.2) is 0 Å². The Kier molecular flexibility index (Phi) is 6.37. The Balaban J connectivity index is 1.45. The third-order valence-electron chi connectivity index (χ3n) is 5.93. The zero-order valence-electron chi connectivity index (χ0n) is 19.4. The molecule has 1 aliphatic heterocycles. The molecule has 1 amide bonds. The molecule has 4 aromatic rings. The molecule has 176 valence electrons. The van der Waals surface area contributed by atoms with E-state index in [0.717, 1.165) is 28.1 Å². The van der Waals surface area contributed by atoms with Crippen LogP contribution in [0.4, 0.5) is 5.69 Å². The highest BCUT2D eigenvalue weighted by Crippen LogP contribution is 2.33. The van der Waals surface area contributed by atoms with Crippen LogP contribution >= 0.6 is 11.8 Å². The van der Waals surface area contributed by atoms with Crippen LogP contribution in [0.1, 0.15) is 27.9 Å². The summed E-state index contributed by atoms with van der Waals surface area (Å²) in [6.07, 6.45) is 1.07. The van der Waals surface area contributed by atoms with Crippen LogP contribution in [0.25, 0.3) is 17.1 Å². The molecule has 1 aliphatic rings. The molecule has 0 aliphatic carbocycles. The van der Waals surface area contributed by atoms with Crippen molar-refractivity contribution in [3.05, 3.63) is 83.4 Å². The Hall–Kier alpha value is -3.91. The van der Waals surface area contributed by atoms with Crippen LogP contribution in [-0.2, 0) is 11.2 Å². The van der Waals surface area contributed by atoms with Gasteiger partial charge in [0.1, 0.15) is 5.75 Å². The fourth-order valence-electron chi connectivity index (χ4n) is 4.06. The number of hydrogen-bond donors (Lipinski definition) is 1. The first-order valence-electron chi connectivity index (χ1n) is 11.3. The van der Waals surface area contributed by atoms with Crippen LogP contribution in [0.2, 0.25) is 0 Å². The Labute approximate surface area is 207 Å². The first kappa shape index (κ1) is 22.9. The average Bonchev–Trinajstić information content (AvgIpc) is 3.31. The van der Waals surface area contributed by atoms with Gasteiger partial charge in [0.15, 0.2) is 16.8 Å². The van der Waals surface area contributed by atoms with Gasteiger partial charge in [-0.2, -0.15) is 0 Å². The van der Waals surface area contributed by atoms with Crippen LogP contribution in [0, 0.1) is 6.92 Å². The van der Waals surface area contributed by atoms with Gasteiger partial charge in [-0.3, -0.25) is 14.2 Å². The first-order chi connectivity index (χ1) is 17.0. The normalized spacial score (nSPS) is 12.7. The molecular formula is C27H24N4O3S. The van der Waals surface area contributed by atoms with E-state index in [1.807, 2.05) is 66.1 Å². The Morgan fingerprint density at radius 2 is 1.86 bits per heavy atom. The van der Waals surface area contributed by atoms with E-state index >= 15 is 0 Å². The number of thioether (sulfide) groups is 1. The SMILES string of the molecule is COc1ccccc1-c1nnc(SCC(=O)c2ccc3c(c2)CCC(=O)N3)n1-c1ccc(C)cc1. The van der Waals surface area contributed by atoms with Crippen molar-refractivity contribution < 1.29 is 14.3 Å². The number of amides is 1. The number of benzene rings is 3. The lowest BCUT2D eigenvalue weighted by atomic mass is 9.99. The summed E-state index contributed by atoms with van der Waals surface area (Å²) in [5.74, 6) is 1.55. The second kappa shape index (κ2) is 9.76. The fraction of sp³-hybridized carbons (Fsp3) is 0.185. The highest BCUT2D eigenvalue weighted by Gasteiger charge is 2.21. The molecule has 0 saturated heterocycles. The van der Waals surface area contributed by atoms with E-state index < -0.39 is 0 Å². The summed E-state index contributed by atoms with van der Waals surface area (Å²) in [4.78, 5) is 24.7. The molecule has 1 N–H and O–H groups in total. The van der Waals surface area contributed by atoms with Gasteiger partial charge in [-0.1, -0.05) is 41.6 Å². The molecule has 0 bridgehead atoms. The molecule has 0 fully saturated rings. The Bertz CT molecular complexity index is 1410. The zero-order chi connectivity index (χ0) is 24.4. The van der Waals surface area contributed by atoms with E-state index in [2.05, 4.69) is 15.5 Å². The van der Waals surface area contributed by atoms with Crippen molar-refractivity contribution in [2.45, 2.75) is 24.9 Å². The van der Waals surface area contributed by atoms with Gasteiger partial charge < -0.3 is 10.1 Å². The summed E-state index contributed by atoms with van der Waals surface area (Å²) in [7, 11) is 1.63. The van der Waals surface area contributed by atoms with Gasteiger partial charge >= 0.3 is 0 Å². The van der Waals surface area contributed by atoms with Crippen LogP contribution in [0.3, 0.4) is 0 Å². The maximum absolute atomic E-state index is 13.1. The molecule has 1 aromatic heterocycles. The number of aryl methyl sites for hydroxylation is 2. The number of nitrogens with one attached hydrogen (secondary N) is 1. The van der Waals surface area contributed by atoms with Crippen molar-refractivity contribution in [3.63, 3.8) is 0 Å². The number of Topliss-reactive ketones (excluding diaryl/α,β-unsaturated/α-hetero) is 1. The van der Waals surface area contributed by atoms with Crippen LogP contribution in [-0.4, -0.2) is 39.3 Å².